The summed E-state index contributed by atoms with van der Waals surface area (Å²) in [6.07, 6.45) is 1.77. The molecule has 0 aromatic rings. The van der Waals surface area contributed by atoms with Crippen molar-refractivity contribution in [3.8, 4) is 0 Å². The van der Waals surface area contributed by atoms with Gasteiger partial charge in [-0.3, -0.25) is 4.79 Å². The highest BCUT2D eigenvalue weighted by Gasteiger charge is 2.22. The van der Waals surface area contributed by atoms with Crippen molar-refractivity contribution < 1.29 is 14.3 Å². The highest BCUT2D eigenvalue weighted by molar-refractivity contribution is 5.93. The molecule has 1 aliphatic heterocycles. The van der Waals surface area contributed by atoms with Gasteiger partial charge < -0.3 is 9.47 Å². The molecule has 1 aliphatic rings. The number of ketones is 1. The lowest BCUT2D eigenvalue weighted by atomic mass is 10.2. The van der Waals surface area contributed by atoms with E-state index in [4.69, 9.17) is 9.47 Å². The van der Waals surface area contributed by atoms with Crippen LogP contribution in [0.25, 0.3) is 0 Å². The minimum atomic E-state index is -0.576. The number of rotatable bonds is 1. The maximum Gasteiger partial charge on any atom is 0.163 e. The van der Waals surface area contributed by atoms with Crippen LogP contribution in [0.15, 0.2) is 11.6 Å². The van der Waals surface area contributed by atoms with Crippen molar-refractivity contribution in [2.24, 2.45) is 0 Å². The van der Waals surface area contributed by atoms with Gasteiger partial charge in [0.25, 0.3) is 0 Å². The van der Waals surface area contributed by atoms with E-state index in [1.807, 2.05) is 13.8 Å². The monoisotopic (exact) mass is 170 g/mol. The third-order valence-corrected chi connectivity index (χ3v) is 1.79. The highest BCUT2D eigenvalue weighted by Crippen LogP contribution is 2.16. The van der Waals surface area contributed by atoms with E-state index in [1.165, 1.54) is 6.92 Å². The van der Waals surface area contributed by atoms with Gasteiger partial charge in [0.1, 0.15) is 0 Å². The molecule has 0 N–H and O–H groups in total. The minimum Gasteiger partial charge on any atom is -0.346 e. The summed E-state index contributed by atoms with van der Waals surface area (Å²) in [5.41, 5.74) is 0.695. The van der Waals surface area contributed by atoms with E-state index in [2.05, 4.69) is 0 Å². The molecule has 0 fully saturated rings. The molecular formula is C9H14O3. The number of carbonyl (C=O) groups is 1. The molecule has 0 amide bonds. The Kier molecular flexibility index (Phi) is 2.65. The Morgan fingerprint density at radius 3 is 2.75 bits per heavy atom. The Morgan fingerprint density at radius 1 is 1.50 bits per heavy atom. The van der Waals surface area contributed by atoms with Crippen LogP contribution in [0.3, 0.4) is 0 Å². The molecule has 0 saturated heterocycles. The topological polar surface area (TPSA) is 35.5 Å². The van der Waals surface area contributed by atoms with E-state index in [1.54, 1.807) is 6.08 Å². The quantitative estimate of drug-likeness (QED) is 0.594. The molecule has 0 aromatic carbocycles. The summed E-state index contributed by atoms with van der Waals surface area (Å²) in [5.74, 6) is -0.524. The van der Waals surface area contributed by atoms with Crippen molar-refractivity contribution in [2.45, 2.75) is 26.6 Å². The molecule has 0 spiro atoms. The summed E-state index contributed by atoms with van der Waals surface area (Å²) in [4.78, 5) is 11.0. The Labute approximate surface area is 72.4 Å². The predicted molar refractivity (Wildman–Crippen MR) is 44.7 cm³/mol. The lowest BCUT2D eigenvalue weighted by Crippen LogP contribution is -2.27. The fraction of sp³-hybridized carbons (Fsp3) is 0.667. The molecule has 0 aliphatic carbocycles. The molecule has 12 heavy (non-hydrogen) atoms. The third kappa shape index (κ3) is 2.43. The minimum absolute atomic E-state index is 0.0521. The van der Waals surface area contributed by atoms with Crippen LogP contribution in [-0.2, 0) is 14.3 Å². The smallest absolute Gasteiger partial charge is 0.163 e. The van der Waals surface area contributed by atoms with Gasteiger partial charge in [-0.2, -0.15) is 0 Å². The van der Waals surface area contributed by atoms with E-state index in [-0.39, 0.29) is 5.78 Å². The largest absolute Gasteiger partial charge is 0.346 e. The van der Waals surface area contributed by atoms with E-state index in [0.29, 0.717) is 18.8 Å². The first-order valence-electron chi connectivity index (χ1n) is 3.99. The average Bonchev–Trinajstić information content (AvgIpc) is 2.10. The Morgan fingerprint density at radius 2 is 2.17 bits per heavy atom. The number of hydrogen-bond acceptors (Lipinski definition) is 3. The first-order valence-corrected chi connectivity index (χ1v) is 3.99. The molecular weight excluding hydrogens is 156 g/mol. The molecule has 3 nitrogen and oxygen atoms in total. The van der Waals surface area contributed by atoms with Crippen molar-refractivity contribution in [3.05, 3.63) is 11.6 Å². The summed E-state index contributed by atoms with van der Waals surface area (Å²) >= 11 is 0. The molecule has 0 radical (unpaired) electrons. The molecule has 0 aromatic heterocycles. The third-order valence-electron chi connectivity index (χ3n) is 1.79. The maximum atomic E-state index is 11.0. The van der Waals surface area contributed by atoms with Gasteiger partial charge in [-0.1, -0.05) is 0 Å². The van der Waals surface area contributed by atoms with Crippen LogP contribution >= 0.6 is 0 Å². The van der Waals surface area contributed by atoms with E-state index < -0.39 is 5.79 Å². The van der Waals surface area contributed by atoms with Crippen LogP contribution in [0, 0.1) is 0 Å². The van der Waals surface area contributed by atoms with E-state index in [9.17, 15) is 4.79 Å². The van der Waals surface area contributed by atoms with Crippen molar-refractivity contribution in [1.82, 2.24) is 0 Å². The van der Waals surface area contributed by atoms with Gasteiger partial charge in [-0.15, -0.1) is 0 Å². The van der Waals surface area contributed by atoms with E-state index in [0.717, 1.165) is 0 Å². The van der Waals surface area contributed by atoms with Crippen LogP contribution < -0.4 is 0 Å². The van der Waals surface area contributed by atoms with Crippen molar-refractivity contribution >= 4 is 5.78 Å². The van der Waals surface area contributed by atoms with Crippen LogP contribution in [0.4, 0.5) is 0 Å². The van der Waals surface area contributed by atoms with Gasteiger partial charge in [0.2, 0.25) is 0 Å². The van der Waals surface area contributed by atoms with Gasteiger partial charge in [-0.25, -0.2) is 0 Å². The zero-order valence-electron chi connectivity index (χ0n) is 7.72. The van der Waals surface area contributed by atoms with Crippen molar-refractivity contribution in [2.75, 3.05) is 13.2 Å². The van der Waals surface area contributed by atoms with Gasteiger partial charge >= 0.3 is 0 Å². The standard InChI is InChI=1S/C9H14O3/c1-7(10)8-4-5-11-9(2,3)12-6-8/h4H,5-6H2,1-3H3. The van der Waals surface area contributed by atoms with Crippen LogP contribution in [0.5, 0.6) is 0 Å². The van der Waals surface area contributed by atoms with E-state index >= 15 is 0 Å². The van der Waals surface area contributed by atoms with Gasteiger partial charge in [0.15, 0.2) is 11.6 Å². The fourth-order valence-electron chi connectivity index (χ4n) is 0.940. The zero-order chi connectivity index (χ0) is 9.19. The van der Waals surface area contributed by atoms with Crippen LogP contribution in [0.2, 0.25) is 0 Å². The molecule has 0 unspecified atom stereocenters. The molecule has 0 bridgehead atoms. The summed E-state index contributed by atoms with van der Waals surface area (Å²) in [6, 6.07) is 0. The lowest BCUT2D eigenvalue weighted by molar-refractivity contribution is -0.196. The summed E-state index contributed by atoms with van der Waals surface area (Å²) in [7, 11) is 0. The lowest BCUT2D eigenvalue weighted by Gasteiger charge is -2.22. The molecule has 1 rings (SSSR count). The number of Topliss-reactive ketones (excluding diaryl/α,β-unsaturated/α-hetero) is 1. The first-order chi connectivity index (χ1) is 5.51. The molecule has 0 saturated carbocycles. The first kappa shape index (κ1) is 9.42. The predicted octanol–water partition coefficient (Wildman–Crippen LogP) is 1.28. The van der Waals surface area contributed by atoms with Gasteiger partial charge in [-0.05, 0) is 26.8 Å². The Balaban J connectivity index is 2.62. The zero-order valence-corrected chi connectivity index (χ0v) is 7.72. The maximum absolute atomic E-state index is 11.0. The van der Waals surface area contributed by atoms with Crippen molar-refractivity contribution in [1.29, 1.82) is 0 Å². The van der Waals surface area contributed by atoms with Crippen LogP contribution in [-0.4, -0.2) is 24.8 Å². The average molecular weight is 170 g/mol. The number of ether oxygens (including phenoxy) is 2. The number of hydrogen-bond donors (Lipinski definition) is 0. The van der Waals surface area contributed by atoms with Crippen LogP contribution in [0.1, 0.15) is 20.8 Å². The number of carbonyl (C=O) groups excluding carboxylic acids is 1. The Bertz CT molecular complexity index is 216. The summed E-state index contributed by atoms with van der Waals surface area (Å²) < 4.78 is 10.7. The molecule has 0 atom stereocenters. The fourth-order valence-corrected chi connectivity index (χ4v) is 0.940. The normalized spacial score (nSPS) is 22.8. The second kappa shape index (κ2) is 3.37. The SMILES string of the molecule is CC(=O)C1=CCOC(C)(C)OC1. The summed E-state index contributed by atoms with van der Waals surface area (Å²) in [6.45, 7) is 6.01. The molecule has 3 heteroatoms. The van der Waals surface area contributed by atoms with Crippen molar-refractivity contribution in [3.63, 3.8) is 0 Å². The molecule has 1 heterocycles. The van der Waals surface area contributed by atoms with Gasteiger partial charge in [0, 0.05) is 5.57 Å². The Hall–Kier alpha value is -0.670. The second-order valence-corrected chi connectivity index (χ2v) is 3.29. The second-order valence-electron chi connectivity index (χ2n) is 3.29. The molecule has 68 valence electrons. The highest BCUT2D eigenvalue weighted by atomic mass is 16.7. The van der Waals surface area contributed by atoms with Gasteiger partial charge in [0.05, 0.1) is 13.2 Å². The summed E-state index contributed by atoms with van der Waals surface area (Å²) in [5, 5.41) is 0.